The number of allylic oxidation sites excluding steroid dienone is 2. The van der Waals surface area contributed by atoms with Crippen molar-refractivity contribution in [3.63, 3.8) is 0 Å². The highest BCUT2D eigenvalue weighted by Crippen LogP contribution is 2.30. The Morgan fingerprint density at radius 2 is 1.73 bits per heavy atom. The molecule has 1 aromatic carbocycles. The molecular weight excluding hydrogens is 323 g/mol. The van der Waals surface area contributed by atoms with Crippen molar-refractivity contribution in [3.05, 3.63) is 40.4 Å². The fraction of sp³-hybridized carbons (Fsp3) is 0.375. The summed E-state index contributed by atoms with van der Waals surface area (Å²) in [7, 11) is 3.41. The smallest absolute Gasteiger partial charge is 0.228 e. The molecule has 0 aromatic heterocycles. The lowest BCUT2D eigenvalue weighted by atomic mass is 9.81. The predicted octanol–water partition coefficient (Wildman–Crippen LogP) is 3.60. The lowest BCUT2D eigenvalue weighted by molar-refractivity contribution is -0.138. The minimum atomic E-state index is -0.380. The fourth-order valence-corrected chi connectivity index (χ4v) is 2.82. The fourth-order valence-electron chi connectivity index (χ4n) is 2.52. The van der Waals surface area contributed by atoms with E-state index in [1.165, 1.54) is 4.90 Å². The first-order chi connectivity index (χ1) is 10.4. The maximum Gasteiger partial charge on any atom is 0.228 e. The number of anilines is 1. The van der Waals surface area contributed by atoms with Crippen LogP contribution in [0.15, 0.2) is 30.4 Å². The van der Waals surface area contributed by atoms with Gasteiger partial charge in [0, 0.05) is 19.8 Å². The molecule has 0 heterocycles. The highest BCUT2D eigenvalue weighted by molar-refractivity contribution is 6.42. The van der Waals surface area contributed by atoms with Crippen molar-refractivity contribution in [2.45, 2.75) is 12.8 Å². The maximum absolute atomic E-state index is 12.5. The summed E-state index contributed by atoms with van der Waals surface area (Å²) in [6.07, 6.45) is 5.03. The second-order valence-electron chi connectivity index (χ2n) is 5.51. The first kappa shape index (κ1) is 16.8. The van der Waals surface area contributed by atoms with E-state index in [0.29, 0.717) is 28.6 Å². The molecule has 2 unspecified atom stereocenters. The van der Waals surface area contributed by atoms with Gasteiger partial charge in [-0.3, -0.25) is 9.59 Å². The molecule has 1 N–H and O–H groups in total. The Morgan fingerprint density at radius 3 is 2.32 bits per heavy atom. The zero-order chi connectivity index (χ0) is 16.3. The van der Waals surface area contributed by atoms with Gasteiger partial charge in [-0.25, -0.2) is 0 Å². The van der Waals surface area contributed by atoms with Gasteiger partial charge in [0.05, 0.1) is 21.9 Å². The molecule has 0 radical (unpaired) electrons. The van der Waals surface area contributed by atoms with Crippen LogP contribution in [-0.4, -0.2) is 30.8 Å². The first-order valence-electron chi connectivity index (χ1n) is 7.02. The zero-order valence-electron chi connectivity index (χ0n) is 12.5. The van der Waals surface area contributed by atoms with Crippen LogP contribution in [0.3, 0.4) is 0 Å². The SMILES string of the molecule is CN(C)C(=O)C1CC=CCC1C(=O)Nc1ccc(Cl)c(Cl)c1. The van der Waals surface area contributed by atoms with Crippen molar-refractivity contribution < 1.29 is 9.59 Å². The van der Waals surface area contributed by atoms with Gasteiger partial charge in [-0.05, 0) is 31.0 Å². The third kappa shape index (κ3) is 3.81. The summed E-state index contributed by atoms with van der Waals surface area (Å²) in [5.41, 5.74) is 0.574. The van der Waals surface area contributed by atoms with E-state index in [9.17, 15) is 9.59 Å². The van der Waals surface area contributed by atoms with E-state index in [2.05, 4.69) is 5.32 Å². The standard InChI is InChI=1S/C16H18Cl2N2O2/c1-20(2)16(22)12-6-4-3-5-11(12)15(21)19-10-7-8-13(17)14(18)9-10/h3-4,7-9,11-12H,5-6H2,1-2H3,(H,19,21). The number of hydrogen-bond donors (Lipinski definition) is 1. The summed E-state index contributed by atoms with van der Waals surface area (Å²) < 4.78 is 0. The molecule has 2 rings (SSSR count). The highest BCUT2D eigenvalue weighted by Gasteiger charge is 2.34. The van der Waals surface area contributed by atoms with Crippen molar-refractivity contribution in [1.82, 2.24) is 4.90 Å². The number of carbonyl (C=O) groups is 2. The summed E-state index contributed by atoms with van der Waals surface area (Å²) in [4.78, 5) is 26.3. The molecule has 118 valence electrons. The quantitative estimate of drug-likeness (QED) is 0.854. The normalized spacial score (nSPS) is 20.5. The van der Waals surface area contributed by atoms with Crippen LogP contribution >= 0.6 is 23.2 Å². The average Bonchev–Trinajstić information content (AvgIpc) is 2.50. The molecule has 1 aromatic rings. The molecule has 1 aliphatic rings. The van der Waals surface area contributed by atoms with Crippen LogP contribution in [0.2, 0.25) is 10.0 Å². The summed E-state index contributed by atoms with van der Waals surface area (Å²) in [6, 6.07) is 4.92. The van der Waals surface area contributed by atoms with Crippen molar-refractivity contribution in [2.24, 2.45) is 11.8 Å². The molecular formula is C16H18Cl2N2O2. The van der Waals surface area contributed by atoms with Crippen LogP contribution < -0.4 is 5.32 Å². The predicted molar refractivity (Wildman–Crippen MR) is 89.1 cm³/mol. The molecule has 22 heavy (non-hydrogen) atoms. The van der Waals surface area contributed by atoms with Crippen LogP contribution in [0.25, 0.3) is 0 Å². The minimum absolute atomic E-state index is 0.0290. The molecule has 2 amide bonds. The molecule has 6 heteroatoms. The van der Waals surface area contributed by atoms with Gasteiger partial charge in [-0.15, -0.1) is 0 Å². The third-order valence-corrected chi connectivity index (χ3v) is 4.45. The number of nitrogens with zero attached hydrogens (tertiary/aromatic N) is 1. The minimum Gasteiger partial charge on any atom is -0.349 e. The molecule has 1 aliphatic carbocycles. The molecule has 2 atom stereocenters. The van der Waals surface area contributed by atoms with Gasteiger partial charge in [0.2, 0.25) is 11.8 Å². The molecule has 0 saturated heterocycles. The summed E-state index contributed by atoms with van der Waals surface area (Å²) in [5.74, 6) is -0.918. The summed E-state index contributed by atoms with van der Waals surface area (Å²) in [6.45, 7) is 0. The van der Waals surface area contributed by atoms with E-state index >= 15 is 0 Å². The van der Waals surface area contributed by atoms with Crippen LogP contribution in [0, 0.1) is 11.8 Å². The third-order valence-electron chi connectivity index (χ3n) is 3.71. The van der Waals surface area contributed by atoms with Crippen molar-refractivity contribution in [1.29, 1.82) is 0 Å². The van der Waals surface area contributed by atoms with Gasteiger partial charge in [0.25, 0.3) is 0 Å². The van der Waals surface area contributed by atoms with E-state index in [4.69, 9.17) is 23.2 Å². The number of rotatable bonds is 3. The Balaban J connectivity index is 2.14. The Bertz CT molecular complexity index is 614. The number of halogens is 2. The highest BCUT2D eigenvalue weighted by atomic mass is 35.5. The summed E-state index contributed by atoms with van der Waals surface area (Å²) >= 11 is 11.8. The van der Waals surface area contributed by atoms with Crippen molar-refractivity contribution in [2.75, 3.05) is 19.4 Å². The number of nitrogens with one attached hydrogen (secondary N) is 1. The molecule has 4 nitrogen and oxygen atoms in total. The number of amides is 2. The second-order valence-corrected chi connectivity index (χ2v) is 6.32. The Hall–Kier alpha value is -1.52. The van der Waals surface area contributed by atoms with Gasteiger partial charge in [0.1, 0.15) is 0 Å². The van der Waals surface area contributed by atoms with Gasteiger partial charge < -0.3 is 10.2 Å². The Morgan fingerprint density at radius 1 is 1.09 bits per heavy atom. The lowest BCUT2D eigenvalue weighted by Gasteiger charge is -2.28. The van der Waals surface area contributed by atoms with Gasteiger partial charge in [-0.1, -0.05) is 35.4 Å². The van der Waals surface area contributed by atoms with E-state index in [-0.39, 0.29) is 23.7 Å². The molecule has 0 saturated carbocycles. The van der Waals surface area contributed by atoms with Crippen LogP contribution in [0.4, 0.5) is 5.69 Å². The number of hydrogen-bond acceptors (Lipinski definition) is 2. The van der Waals surface area contributed by atoms with E-state index in [1.54, 1.807) is 32.3 Å². The lowest BCUT2D eigenvalue weighted by Crippen LogP contribution is -2.40. The van der Waals surface area contributed by atoms with E-state index < -0.39 is 0 Å². The largest absolute Gasteiger partial charge is 0.349 e. The van der Waals surface area contributed by atoms with Crippen LogP contribution in [0.1, 0.15) is 12.8 Å². The number of benzene rings is 1. The maximum atomic E-state index is 12.5. The molecule has 0 fully saturated rings. The Labute approximate surface area is 140 Å². The van der Waals surface area contributed by atoms with Crippen LogP contribution in [0.5, 0.6) is 0 Å². The van der Waals surface area contributed by atoms with Crippen molar-refractivity contribution in [3.8, 4) is 0 Å². The van der Waals surface area contributed by atoms with Gasteiger partial charge >= 0.3 is 0 Å². The van der Waals surface area contributed by atoms with E-state index in [0.717, 1.165) is 0 Å². The molecule has 0 aliphatic heterocycles. The number of carbonyl (C=O) groups excluding carboxylic acids is 2. The zero-order valence-corrected chi connectivity index (χ0v) is 14.0. The molecule has 0 bridgehead atoms. The van der Waals surface area contributed by atoms with Crippen molar-refractivity contribution >= 4 is 40.7 Å². The first-order valence-corrected chi connectivity index (χ1v) is 7.78. The van der Waals surface area contributed by atoms with E-state index in [1.807, 2.05) is 12.2 Å². The monoisotopic (exact) mass is 340 g/mol. The second kappa shape index (κ2) is 7.16. The average molecular weight is 341 g/mol. The summed E-state index contributed by atoms with van der Waals surface area (Å²) in [5, 5.41) is 3.63. The molecule has 0 spiro atoms. The van der Waals surface area contributed by atoms with Gasteiger partial charge in [-0.2, -0.15) is 0 Å². The van der Waals surface area contributed by atoms with Gasteiger partial charge in [0.15, 0.2) is 0 Å². The topological polar surface area (TPSA) is 49.4 Å². The van der Waals surface area contributed by atoms with Crippen LogP contribution in [-0.2, 0) is 9.59 Å². The Kier molecular flexibility index (Phi) is 5.48.